The number of hydrogen-bond acceptors (Lipinski definition) is 3. The highest BCUT2D eigenvalue weighted by atomic mass is 15.0. The van der Waals surface area contributed by atoms with Gasteiger partial charge in [0.05, 0.1) is 6.33 Å². The Labute approximate surface area is 101 Å². The van der Waals surface area contributed by atoms with Crippen LogP contribution in [0.15, 0.2) is 43.0 Å². The number of benzene rings is 1. The molecule has 0 radical (unpaired) electrons. The van der Waals surface area contributed by atoms with Crippen molar-refractivity contribution in [3.05, 3.63) is 43.0 Å². The lowest BCUT2D eigenvalue weighted by Gasteiger charge is -2.12. The molecule has 0 saturated heterocycles. The van der Waals surface area contributed by atoms with Crippen LogP contribution in [0.1, 0.15) is 13.3 Å². The molecule has 0 spiro atoms. The van der Waals surface area contributed by atoms with Gasteiger partial charge in [-0.3, -0.25) is 0 Å². The van der Waals surface area contributed by atoms with Crippen molar-refractivity contribution in [2.45, 2.75) is 19.4 Å². The van der Waals surface area contributed by atoms with Gasteiger partial charge in [-0.15, -0.1) is 0 Å². The Morgan fingerprint density at radius 2 is 2.12 bits per heavy atom. The van der Waals surface area contributed by atoms with Gasteiger partial charge in [0, 0.05) is 36.4 Å². The highest BCUT2D eigenvalue weighted by molar-refractivity contribution is 5.48. The standard InChI is InChI=1S/C13H18N4/c1-2-11(14)9-16-12-3-5-13(6-4-12)17-8-7-15-10-17/h3-8,10-11,16H,2,9,14H2,1H3/t11-/m0/s1. The van der Waals surface area contributed by atoms with Gasteiger partial charge in [-0.05, 0) is 30.7 Å². The third-order valence-electron chi connectivity index (χ3n) is 2.76. The molecular formula is C13H18N4. The van der Waals surface area contributed by atoms with E-state index in [0.29, 0.717) is 0 Å². The highest BCUT2D eigenvalue weighted by Crippen LogP contribution is 2.12. The molecule has 0 aliphatic carbocycles. The number of nitrogens with zero attached hydrogens (tertiary/aromatic N) is 2. The van der Waals surface area contributed by atoms with Crippen LogP contribution in [0.3, 0.4) is 0 Å². The number of hydrogen-bond donors (Lipinski definition) is 2. The maximum absolute atomic E-state index is 5.85. The van der Waals surface area contributed by atoms with Crippen molar-refractivity contribution in [3.8, 4) is 5.69 Å². The zero-order valence-electron chi connectivity index (χ0n) is 10.0. The predicted octanol–water partition coefficient (Wildman–Crippen LogP) is 2.02. The summed E-state index contributed by atoms with van der Waals surface area (Å²) in [6.07, 6.45) is 6.47. The molecule has 0 amide bonds. The smallest absolute Gasteiger partial charge is 0.0991 e. The second kappa shape index (κ2) is 5.50. The van der Waals surface area contributed by atoms with E-state index in [9.17, 15) is 0 Å². The average molecular weight is 230 g/mol. The maximum Gasteiger partial charge on any atom is 0.0991 e. The molecular weight excluding hydrogens is 212 g/mol. The lowest BCUT2D eigenvalue weighted by atomic mass is 10.2. The molecule has 0 unspecified atom stereocenters. The molecule has 0 aliphatic heterocycles. The lowest BCUT2D eigenvalue weighted by molar-refractivity contribution is 0.679. The van der Waals surface area contributed by atoms with E-state index >= 15 is 0 Å². The summed E-state index contributed by atoms with van der Waals surface area (Å²) >= 11 is 0. The Kier molecular flexibility index (Phi) is 3.77. The number of nitrogens with two attached hydrogens (primary N) is 1. The molecule has 0 bridgehead atoms. The third kappa shape index (κ3) is 3.07. The van der Waals surface area contributed by atoms with Crippen molar-refractivity contribution in [1.82, 2.24) is 9.55 Å². The highest BCUT2D eigenvalue weighted by Gasteiger charge is 1.99. The molecule has 1 heterocycles. The van der Waals surface area contributed by atoms with Gasteiger partial charge in [0.2, 0.25) is 0 Å². The minimum atomic E-state index is 0.211. The fourth-order valence-electron chi connectivity index (χ4n) is 1.56. The molecule has 0 fully saturated rings. The van der Waals surface area contributed by atoms with E-state index in [1.54, 1.807) is 12.5 Å². The van der Waals surface area contributed by atoms with E-state index in [1.807, 2.05) is 10.8 Å². The van der Waals surface area contributed by atoms with E-state index in [-0.39, 0.29) is 6.04 Å². The van der Waals surface area contributed by atoms with Gasteiger partial charge < -0.3 is 15.6 Å². The van der Waals surface area contributed by atoms with Crippen molar-refractivity contribution in [2.75, 3.05) is 11.9 Å². The summed E-state index contributed by atoms with van der Waals surface area (Å²) < 4.78 is 1.97. The third-order valence-corrected chi connectivity index (χ3v) is 2.76. The molecule has 1 atom stereocenters. The Morgan fingerprint density at radius 1 is 1.35 bits per heavy atom. The Bertz CT molecular complexity index is 433. The summed E-state index contributed by atoms with van der Waals surface area (Å²) in [6.45, 7) is 2.90. The minimum absolute atomic E-state index is 0.211. The minimum Gasteiger partial charge on any atom is -0.383 e. The monoisotopic (exact) mass is 230 g/mol. The summed E-state index contributed by atoms with van der Waals surface area (Å²) in [5.74, 6) is 0. The quantitative estimate of drug-likeness (QED) is 0.826. The first-order valence-corrected chi connectivity index (χ1v) is 5.87. The number of aromatic nitrogens is 2. The number of anilines is 1. The average Bonchev–Trinajstić information content (AvgIpc) is 2.90. The van der Waals surface area contributed by atoms with Crippen LogP contribution < -0.4 is 11.1 Å². The first-order valence-electron chi connectivity index (χ1n) is 5.87. The van der Waals surface area contributed by atoms with Crippen LogP contribution in [0.5, 0.6) is 0 Å². The molecule has 3 N–H and O–H groups in total. The SMILES string of the molecule is CC[C@H](N)CNc1ccc(-n2ccnc2)cc1. The number of imidazole rings is 1. The predicted molar refractivity (Wildman–Crippen MR) is 70.3 cm³/mol. The van der Waals surface area contributed by atoms with Gasteiger partial charge in [0.15, 0.2) is 0 Å². The zero-order chi connectivity index (χ0) is 12.1. The van der Waals surface area contributed by atoms with E-state index in [2.05, 4.69) is 41.5 Å². The van der Waals surface area contributed by atoms with Gasteiger partial charge in [-0.25, -0.2) is 4.98 Å². The van der Waals surface area contributed by atoms with Crippen LogP contribution >= 0.6 is 0 Å². The molecule has 2 rings (SSSR count). The summed E-state index contributed by atoms with van der Waals surface area (Å²) in [5, 5.41) is 3.32. The first-order chi connectivity index (χ1) is 8.29. The van der Waals surface area contributed by atoms with Crippen LogP contribution in [0.4, 0.5) is 5.69 Å². The summed E-state index contributed by atoms with van der Waals surface area (Å²) in [5.41, 5.74) is 8.05. The fourth-order valence-corrected chi connectivity index (χ4v) is 1.56. The molecule has 1 aromatic heterocycles. The van der Waals surface area contributed by atoms with Crippen molar-refractivity contribution in [3.63, 3.8) is 0 Å². The van der Waals surface area contributed by atoms with E-state index in [4.69, 9.17) is 5.73 Å². The lowest BCUT2D eigenvalue weighted by Crippen LogP contribution is -2.27. The zero-order valence-corrected chi connectivity index (χ0v) is 10.0. The van der Waals surface area contributed by atoms with Crippen molar-refractivity contribution in [1.29, 1.82) is 0 Å². The van der Waals surface area contributed by atoms with Crippen LogP contribution in [0.2, 0.25) is 0 Å². The van der Waals surface area contributed by atoms with Crippen molar-refractivity contribution >= 4 is 5.69 Å². The normalized spacial score (nSPS) is 12.4. The molecule has 0 aliphatic rings. The molecule has 0 saturated carbocycles. The van der Waals surface area contributed by atoms with Crippen molar-refractivity contribution in [2.24, 2.45) is 5.73 Å². The fraction of sp³-hybridized carbons (Fsp3) is 0.308. The molecule has 2 aromatic rings. The second-order valence-electron chi connectivity index (χ2n) is 4.07. The second-order valence-corrected chi connectivity index (χ2v) is 4.07. The van der Waals surface area contributed by atoms with Gasteiger partial charge >= 0.3 is 0 Å². The topological polar surface area (TPSA) is 55.9 Å². The van der Waals surface area contributed by atoms with Crippen molar-refractivity contribution < 1.29 is 0 Å². The van der Waals surface area contributed by atoms with Gasteiger partial charge in [-0.1, -0.05) is 6.92 Å². The summed E-state index contributed by atoms with van der Waals surface area (Å²) in [6, 6.07) is 8.43. The molecule has 4 nitrogen and oxygen atoms in total. The number of rotatable bonds is 5. The molecule has 17 heavy (non-hydrogen) atoms. The molecule has 1 aromatic carbocycles. The largest absolute Gasteiger partial charge is 0.383 e. The Morgan fingerprint density at radius 3 is 2.71 bits per heavy atom. The first kappa shape index (κ1) is 11.7. The van der Waals surface area contributed by atoms with Gasteiger partial charge in [0.25, 0.3) is 0 Å². The Balaban J connectivity index is 1.99. The van der Waals surface area contributed by atoms with E-state index in [0.717, 1.165) is 24.3 Å². The Hall–Kier alpha value is -1.81. The van der Waals surface area contributed by atoms with Crippen LogP contribution in [-0.4, -0.2) is 22.1 Å². The number of nitrogens with one attached hydrogen (secondary N) is 1. The van der Waals surface area contributed by atoms with Crippen LogP contribution in [0, 0.1) is 0 Å². The summed E-state index contributed by atoms with van der Waals surface area (Å²) in [7, 11) is 0. The van der Waals surface area contributed by atoms with E-state index < -0.39 is 0 Å². The van der Waals surface area contributed by atoms with Crippen LogP contribution in [-0.2, 0) is 0 Å². The molecule has 90 valence electrons. The molecule has 4 heteroatoms. The summed E-state index contributed by atoms with van der Waals surface area (Å²) in [4.78, 5) is 4.02. The van der Waals surface area contributed by atoms with Crippen LogP contribution in [0.25, 0.3) is 5.69 Å². The van der Waals surface area contributed by atoms with Gasteiger partial charge in [-0.2, -0.15) is 0 Å². The van der Waals surface area contributed by atoms with E-state index in [1.165, 1.54) is 0 Å². The van der Waals surface area contributed by atoms with Gasteiger partial charge in [0.1, 0.15) is 0 Å². The maximum atomic E-state index is 5.85.